The summed E-state index contributed by atoms with van der Waals surface area (Å²) in [5.74, 6) is -0.260. The van der Waals surface area contributed by atoms with Crippen LogP contribution in [-0.4, -0.2) is 36.5 Å². The number of nitrogens with two attached hydrogens (primary N) is 1. The van der Waals surface area contributed by atoms with Crippen LogP contribution < -0.4 is 5.73 Å². The van der Waals surface area contributed by atoms with Crippen molar-refractivity contribution in [3.8, 4) is 0 Å². The average Bonchev–Trinajstić information content (AvgIpc) is 2.84. The normalized spacial score (nSPS) is 16.4. The number of hydrogen-bond acceptors (Lipinski definition) is 5. The van der Waals surface area contributed by atoms with E-state index in [1.165, 1.54) is 11.3 Å². The Morgan fingerprint density at radius 1 is 1.47 bits per heavy atom. The van der Waals surface area contributed by atoms with Gasteiger partial charge in [-0.3, -0.25) is 9.59 Å². The van der Waals surface area contributed by atoms with Crippen LogP contribution in [0.5, 0.6) is 0 Å². The lowest BCUT2D eigenvalue weighted by Gasteiger charge is -2.30. The first-order valence-electron chi connectivity index (χ1n) is 6.42. The van der Waals surface area contributed by atoms with E-state index in [-0.39, 0.29) is 17.8 Å². The van der Waals surface area contributed by atoms with Gasteiger partial charge in [0, 0.05) is 13.1 Å². The van der Waals surface area contributed by atoms with Crippen molar-refractivity contribution in [2.45, 2.75) is 19.8 Å². The van der Waals surface area contributed by atoms with Gasteiger partial charge in [0.1, 0.15) is 4.88 Å². The minimum atomic E-state index is -0.148. The predicted molar refractivity (Wildman–Crippen MR) is 74.0 cm³/mol. The van der Waals surface area contributed by atoms with Gasteiger partial charge in [-0.25, -0.2) is 0 Å². The first-order valence-corrected chi connectivity index (χ1v) is 7.30. The molecule has 104 valence electrons. The largest absolute Gasteiger partial charge is 0.466 e. The molecule has 2 heterocycles. The van der Waals surface area contributed by atoms with E-state index >= 15 is 0 Å². The topological polar surface area (TPSA) is 72.6 Å². The van der Waals surface area contributed by atoms with E-state index in [9.17, 15) is 9.59 Å². The smallest absolute Gasteiger partial charge is 0.309 e. The molecule has 0 unspecified atom stereocenters. The van der Waals surface area contributed by atoms with Gasteiger partial charge in [-0.2, -0.15) is 0 Å². The molecule has 1 aliphatic heterocycles. The Morgan fingerprint density at radius 2 is 2.16 bits per heavy atom. The van der Waals surface area contributed by atoms with Crippen molar-refractivity contribution in [1.82, 2.24) is 4.90 Å². The number of anilines is 1. The first kappa shape index (κ1) is 13.9. The number of esters is 1. The summed E-state index contributed by atoms with van der Waals surface area (Å²) in [5.41, 5.74) is 6.28. The van der Waals surface area contributed by atoms with Gasteiger partial charge in [-0.05, 0) is 31.2 Å². The van der Waals surface area contributed by atoms with Crippen molar-refractivity contribution in [2.24, 2.45) is 5.92 Å². The van der Waals surface area contributed by atoms with Gasteiger partial charge in [0.25, 0.3) is 5.91 Å². The lowest BCUT2D eigenvalue weighted by molar-refractivity contribution is -0.149. The Morgan fingerprint density at radius 3 is 2.68 bits per heavy atom. The zero-order valence-corrected chi connectivity index (χ0v) is 11.7. The second-order valence-corrected chi connectivity index (χ2v) is 5.44. The number of nitrogens with zero attached hydrogens (tertiary/aromatic N) is 1. The summed E-state index contributed by atoms with van der Waals surface area (Å²) >= 11 is 1.36. The highest BCUT2D eigenvalue weighted by molar-refractivity contribution is 7.12. The van der Waals surface area contributed by atoms with Crippen LogP contribution in [0.3, 0.4) is 0 Å². The van der Waals surface area contributed by atoms with Gasteiger partial charge in [-0.1, -0.05) is 0 Å². The van der Waals surface area contributed by atoms with Crippen LogP contribution in [0.2, 0.25) is 0 Å². The number of carbonyl (C=O) groups excluding carboxylic acids is 2. The molecule has 0 spiro atoms. The Kier molecular flexibility index (Phi) is 4.42. The van der Waals surface area contributed by atoms with Crippen LogP contribution >= 0.6 is 11.3 Å². The molecule has 5 nitrogen and oxygen atoms in total. The highest BCUT2D eigenvalue weighted by Crippen LogP contribution is 2.25. The van der Waals surface area contributed by atoms with Gasteiger partial charge < -0.3 is 15.4 Å². The number of rotatable bonds is 3. The molecule has 2 N–H and O–H groups in total. The van der Waals surface area contributed by atoms with Crippen molar-refractivity contribution >= 4 is 28.9 Å². The van der Waals surface area contributed by atoms with E-state index in [4.69, 9.17) is 10.5 Å². The van der Waals surface area contributed by atoms with E-state index in [1.54, 1.807) is 17.9 Å². The molecule has 6 heteroatoms. The Hall–Kier alpha value is -1.56. The molecule has 1 aliphatic rings. The maximum atomic E-state index is 12.2. The van der Waals surface area contributed by atoms with E-state index in [0.29, 0.717) is 43.1 Å². The summed E-state index contributed by atoms with van der Waals surface area (Å²) in [4.78, 5) is 26.2. The van der Waals surface area contributed by atoms with Crippen LogP contribution in [0.25, 0.3) is 0 Å². The van der Waals surface area contributed by atoms with Crippen molar-refractivity contribution in [1.29, 1.82) is 0 Å². The maximum Gasteiger partial charge on any atom is 0.309 e. The van der Waals surface area contributed by atoms with Crippen LogP contribution in [0.15, 0.2) is 11.4 Å². The SMILES string of the molecule is CCOC(=O)C1CCN(C(=O)c2sccc2N)CC1. The molecule has 0 aliphatic carbocycles. The summed E-state index contributed by atoms with van der Waals surface area (Å²) in [6.45, 7) is 3.37. The van der Waals surface area contributed by atoms with Crippen molar-refractivity contribution in [3.63, 3.8) is 0 Å². The van der Waals surface area contributed by atoms with Crippen LogP contribution in [-0.2, 0) is 9.53 Å². The molecule has 0 radical (unpaired) electrons. The molecule has 1 aromatic heterocycles. The first-order chi connectivity index (χ1) is 9.13. The Bertz CT molecular complexity index is 464. The minimum absolute atomic E-state index is 0.0326. The van der Waals surface area contributed by atoms with Gasteiger partial charge >= 0.3 is 5.97 Å². The Balaban J connectivity index is 1.92. The number of hydrogen-bond donors (Lipinski definition) is 1. The van der Waals surface area contributed by atoms with Crippen LogP contribution in [0.4, 0.5) is 5.69 Å². The third kappa shape index (κ3) is 3.07. The van der Waals surface area contributed by atoms with Gasteiger partial charge in [0.2, 0.25) is 0 Å². The lowest BCUT2D eigenvalue weighted by Crippen LogP contribution is -2.40. The maximum absolute atomic E-state index is 12.2. The van der Waals surface area contributed by atoms with Crippen LogP contribution in [0.1, 0.15) is 29.4 Å². The number of ether oxygens (including phenoxy) is 1. The molecule has 0 aromatic carbocycles. The molecule has 1 saturated heterocycles. The standard InChI is InChI=1S/C13H18N2O3S/c1-2-18-13(17)9-3-6-15(7-4-9)12(16)11-10(14)5-8-19-11/h5,8-9H,2-4,6-7,14H2,1H3. The third-order valence-electron chi connectivity index (χ3n) is 3.29. The second kappa shape index (κ2) is 6.06. The molecule has 1 fully saturated rings. The molecule has 0 atom stereocenters. The second-order valence-electron chi connectivity index (χ2n) is 4.52. The molecule has 0 bridgehead atoms. The number of piperidine rings is 1. The zero-order chi connectivity index (χ0) is 13.8. The van der Waals surface area contributed by atoms with Gasteiger partial charge in [0.15, 0.2) is 0 Å². The molecule has 1 amide bonds. The number of amides is 1. The zero-order valence-electron chi connectivity index (χ0n) is 10.9. The predicted octanol–water partition coefficient (Wildman–Crippen LogP) is 1.75. The van der Waals surface area contributed by atoms with Crippen molar-refractivity contribution in [2.75, 3.05) is 25.4 Å². The lowest BCUT2D eigenvalue weighted by atomic mass is 9.97. The summed E-state index contributed by atoms with van der Waals surface area (Å²) < 4.78 is 5.01. The molecule has 1 aromatic rings. The molecular formula is C13H18N2O3S. The number of likely N-dealkylation sites (tertiary alicyclic amines) is 1. The third-order valence-corrected chi connectivity index (χ3v) is 4.21. The van der Waals surface area contributed by atoms with Crippen molar-refractivity contribution in [3.05, 3.63) is 16.3 Å². The van der Waals surface area contributed by atoms with Gasteiger partial charge in [0.05, 0.1) is 18.2 Å². The quantitative estimate of drug-likeness (QED) is 0.857. The molecular weight excluding hydrogens is 264 g/mol. The fraction of sp³-hybridized carbons (Fsp3) is 0.538. The van der Waals surface area contributed by atoms with E-state index < -0.39 is 0 Å². The number of nitrogen functional groups attached to an aromatic ring is 1. The van der Waals surface area contributed by atoms with Crippen LogP contribution in [0, 0.1) is 5.92 Å². The number of carbonyl (C=O) groups is 2. The summed E-state index contributed by atoms with van der Waals surface area (Å²) in [5, 5.41) is 1.81. The molecule has 19 heavy (non-hydrogen) atoms. The highest BCUT2D eigenvalue weighted by Gasteiger charge is 2.29. The average molecular weight is 282 g/mol. The van der Waals surface area contributed by atoms with Crippen molar-refractivity contribution < 1.29 is 14.3 Å². The molecule has 0 saturated carbocycles. The summed E-state index contributed by atoms with van der Waals surface area (Å²) in [6.07, 6.45) is 1.33. The number of thiophene rings is 1. The fourth-order valence-electron chi connectivity index (χ4n) is 2.21. The summed E-state index contributed by atoms with van der Waals surface area (Å²) in [7, 11) is 0. The molecule has 2 rings (SSSR count). The fourth-order valence-corrected chi connectivity index (χ4v) is 3.00. The minimum Gasteiger partial charge on any atom is -0.466 e. The van der Waals surface area contributed by atoms with E-state index in [2.05, 4.69) is 0 Å². The highest BCUT2D eigenvalue weighted by atomic mass is 32.1. The Labute approximate surface area is 116 Å². The monoisotopic (exact) mass is 282 g/mol. The summed E-state index contributed by atoms with van der Waals surface area (Å²) in [6, 6.07) is 1.74. The van der Waals surface area contributed by atoms with E-state index in [1.807, 2.05) is 5.38 Å². The van der Waals surface area contributed by atoms with Gasteiger partial charge in [-0.15, -0.1) is 11.3 Å². The van der Waals surface area contributed by atoms with E-state index in [0.717, 1.165) is 0 Å².